The van der Waals surface area contributed by atoms with Gasteiger partial charge in [0.2, 0.25) is 0 Å². The third-order valence-corrected chi connectivity index (χ3v) is 2.90. The Balaban J connectivity index is 2.80. The predicted molar refractivity (Wildman–Crippen MR) is 69.2 cm³/mol. The number of aliphatic hydroxyl groups excluding tert-OH is 1. The molecule has 3 nitrogen and oxygen atoms in total. The topological polar surface area (TPSA) is 49.3 Å². The highest BCUT2D eigenvalue weighted by Crippen LogP contribution is 2.32. The number of halogens is 4. The fourth-order valence-electron chi connectivity index (χ4n) is 1.95. The number of benzene rings is 1. The molecule has 0 aliphatic carbocycles. The normalized spacial score (nSPS) is 14.6. The van der Waals surface area contributed by atoms with Crippen LogP contribution in [0.1, 0.15) is 36.2 Å². The molecule has 1 rings (SSSR count). The van der Waals surface area contributed by atoms with Crippen molar-refractivity contribution in [2.45, 2.75) is 32.5 Å². The van der Waals surface area contributed by atoms with E-state index in [4.69, 9.17) is 0 Å². The van der Waals surface area contributed by atoms with E-state index in [0.29, 0.717) is 12.5 Å². The van der Waals surface area contributed by atoms with Gasteiger partial charge in [0.1, 0.15) is 5.82 Å². The van der Waals surface area contributed by atoms with E-state index < -0.39 is 35.1 Å². The molecule has 0 radical (unpaired) electrons. The molecule has 1 amide bonds. The highest BCUT2D eigenvalue weighted by atomic mass is 19.4. The van der Waals surface area contributed by atoms with E-state index in [0.717, 1.165) is 12.1 Å². The first-order chi connectivity index (χ1) is 9.62. The van der Waals surface area contributed by atoms with Crippen LogP contribution in [0.25, 0.3) is 0 Å². The van der Waals surface area contributed by atoms with Crippen molar-refractivity contribution < 1.29 is 27.5 Å². The van der Waals surface area contributed by atoms with Crippen LogP contribution in [0.3, 0.4) is 0 Å². The first kappa shape index (κ1) is 17.4. The maximum absolute atomic E-state index is 13.7. The molecule has 0 saturated heterocycles. The van der Waals surface area contributed by atoms with Crippen LogP contribution in [-0.4, -0.2) is 23.7 Å². The predicted octanol–water partition coefficient (Wildman–Crippen LogP) is 2.98. The van der Waals surface area contributed by atoms with Gasteiger partial charge < -0.3 is 10.4 Å². The molecule has 1 aromatic carbocycles. The molecule has 0 heterocycles. The summed E-state index contributed by atoms with van der Waals surface area (Å²) < 4.78 is 51.4. The average molecular weight is 307 g/mol. The lowest BCUT2D eigenvalue weighted by Crippen LogP contribution is -2.30. The van der Waals surface area contributed by atoms with Gasteiger partial charge in [0.05, 0.1) is 17.2 Å². The van der Waals surface area contributed by atoms with Crippen LogP contribution in [0.15, 0.2) is 18.2 Å². The monoisotopic (exact) mass is 307 g/mol. The number of nitrogens with one attached hydrogen (secondary N) is 1. The van der Waals surface area contributed by atoms with Crippen molar-refractivity contribution in [3.05, 3.63) is 35.1 Å². The molecule has 1 aromatic rings. The molecule has 0 aromatic heterocycles. The molecule has 0 aliphatic rings. The van der Waals surface area contributed by atoms with Gasteiger partial charge in [-0.1, -0.05) is 13.0 Å². The van der Waals surface area contributed by atoms with Crippen molar-refractivity contribution in [2.24, 2.45) is 5.92 Å². The van der Waals surface area contributed by atoms with Crippen LogP contribution in [0, 0.1) is 11.7 Å². The summed E-state index contributed by atoms with van der Waals surface area (Å²) in [6.07, 6.45) is -4.98. The lowest BCUT2D eigenvalue weighted by atomic mass is 10.0. The van der Waals surface area contributed by atoms with E-state index in [1.807, 2.05) is 0 Å². The molecule has 2 atom stereocenters. The SMILES string of the molecule is CC(O)CC(C)CNC(=O)c1cccc(C(F)(F)F)c1F. The maximum atomic E-state index is 13.7. The van der Waals surface area contributed by atoms with Gasteiger partial charge in [0.15, 0.2) is 0 Å². The van der Waals surface area contributed by atoms with Crippen LogP contribution in [0.2, 0.25) is 0 Å². The first-order valence-corrected chi connectivity index (χ1v) is 6.45. The van der Waals surface area contributed by atoms with Crippen molar-refractivity contribution in [1.29, 1.82) is 0 Å². The van der Waals surface area contributed by atoms with E-state index in [-0.39, 0.29) is 12.5 Å². The second-order valence-corrected chi connectivity index (χ2v) is 5.06. The second kappa shape index (κ2) is 6.89. The highest BCUT2D eigenvalue weighted by Gasteiger charge is 2.35. The molecular weight excluding hydrogens is 290 g/mol. The van der Waals surface area contributed by atoms with Crippen LogP contribution in [-0.2, 0) is 6.18 Å². The van der Waals surface area contributed by atoms with E-state index in [9.17, 15) is 27.5 Å². The van der Waals surface area contributed by atoms with Crippen molar-refractivity contribution in [1.82, 2.24) is 5.32 Å². The minimum absolute atomic E-state index is 0.0807. The number of carbonyl (C=O) groups is 1. The Hall–Kier alpha value is -1.63. The van der Waals surface area contributed by atoms with Crippen LogP contribution < -0.4 is 5.32 Å². The quantitative estimate of drug-likeness (QED) is 0.822. The summed E-state index contributed by atoms with van der Waals surface area (Å²) in [5, 5.41) is 11.5. The molecule has 2 unspecified atom stereocenters. The minimum Gasteiger partial charge on any atom is -0.393 e. The Labute approximate surface area is 120 Å². The second-order valence-electron chi connectivity index (χ2n) is 5.06. The minimum atomic E-state index is -4.85. The fourth-order valence-corrected chi connectivity index (χ4v) is 1.95. The first-order valence-electron chi connectivity index (χ1n) is 6.45. The lowest BCUT2D eigenvalue weighted by molar-refractivity contribution is -0.140. The summed E-state index contributed by atoms with van der Waals surface area (Å²) >= 11 is 0. The number of rotatable bonds is 5. The maximum Gasteiger partial charge on any atom is 0.419 e. The Morgan fingerprint density at radius 2 is 1.95 bits per heavy atom. The molecule has 0 spiro atoms. The van der Waals surface area contributed by atoms with Gasteiger partial charge in [0, 0.05) is 6.54 Å². The Bertz CT molecular complexity index is 500. The molecule has 2 N–H and O–H groups in total. The van der Waals surface area contributed by atoms with E-state index >= 15 is 0 Å². The number of hydrogen-bond donors (Lipinski definition) is 2. The van der Waals surface area contributed by atoms with Crippen molar-refractivity contribution in [3.8, 4) is 0 Å². The van der Waals surface area contributed by atoms with Crippen molar-refractivity contribution in [2.75, 3.05) is 6.54 Å². The average Bonchev–Trinajstić information content (AvgIpc) is 2.34. The van der Waals surface area contributed by atoms with Crippen LogP contribution in [0.4, 0.5) is 17.6 Å². The summed E-state index contributed by atoms with van der Waals surface area (Å²) in [6, 6.07) is 2.57. The van der Waals surface area contributed by atoms with Gasteiger partial charge in [-0.05, 0) is 31.4 Å². The standard InChI is InChI=1S/C14H17F4NO2/c1-8(6-9(2)20)7-19-13(21)10-4-3-5-11(12(10)15)14(16,17)18/h3-5,8-9,20H,6-7H2,1-2H3,(H,19,21). The Kier molecular flexibility index (Phi) is 5.71. The summed E-state index contributed by atoms with van der Waals surface area (Å²) in [4.78, 5) is 11.8. The van der Waals surface area contributed by atoms with E-state index in [1.54, 1.807) is 13.8 Å². The van der Waals surface area contributed by atoms with Crippen LogP contribution in [0.5, 0.6) is 0 Å². The number of hydrogen-bond acceptors (Lipinski definition) is 2. The molecule has 21 heavy (non-hydrogen) atoms. The van der Waals surface area contributed by atoms with Gasteiger partial charge in [-0.2, -0.15) is 13.2 Å². The molecule has 0 bridgehead atoms. The summed E-state index contributed by atoms with van der Waals surface area (Å²) in [7, 11) is 0. The van der Waals surface area contributed by atoms with Crippen LogP contribution >= 0.6 is 0 Å². The highest BCUT2D eigenvalue weighted by molar-refractivity contribution is 5.94. The molecule has 0 saturated carbocycles. The fraction of sp³-hybridized carbons (Fsp3) is 0.500. The number of aliphatic hydroxyl groups is 1. The molecule has 0 aliphatic heterocycles. The zero-order valence-corrected chi connectivity index (χ0v) is 11.7. The van der Waals surface area contributed by atoms with Gasteiger partial charge in [-0.3, -0.25) is 4.79 Å². The molecule has 118 valence electrons. The zero-order valence-electron chi connectivity index (χ0n) is 11.7. The largest absolute Gasteiger partial charge is 0.419 e. The van der Waals surface area contributed by atoms with Gasteiger partial charge in [0.25, 0.3) is 5.91 Å². The molecular formula is C14H17F4NO2. The summed E-state index contributed by atoms with van der Waals surface area (Å²) in [6.45, 7) is 3.49. The summed E-state index contributed by atoms with van der Waals surface area (Å²) in [5.41, 5.74) is -2.11. The third kappa shape index (κ3) is 5.00. The lowest BCUT2D eigenvalue weighted by Gasteiger charge is -2.15. The smallest absolute Gasteiger partial charge is 0.393 e. The zero-order chi connectivity index (χ0) is 16.2. The number of alkyl halides is 3. The number of amides is 1. The van der Waals surface area contributed by atoms with Crippen molar-refractivity contribution in [3.63, 3.8) is 0 Å². The van der Waals surface area contributed by atoms with Crippen molar-refractivity contribution >= 4 is 5.91 Å². The van der Waals surface area contributed by atoms with Gasteiger partial charge in [-0.15, -0.1) is 0 Å². The van der Waals surface area contributed by atoms with E-state index in [2.05, 4.69) is 5.32 Å². The summed E-state index contributed by atoms with van der Waals surface area (Å²) in [5.74, 6) is -2.57. The Morgan fingerprint density at radius 1 is 1.33 bits per heavy atom. The Morgan fingerprint density at radius 3 is 2.48 bits per heavy atom. The van der Waals surface area contributed by atoms with E-state index in [1.165, 1.54) is 0 Å². The van der Waals surface area contributed by atoms with Gasteiger partial charge >= 0.3 is 6.18 Å². The molecule has 7 heteroatoms. The third-order valence-electron chi connectivity index (χ3n) is 2.90. The number of carbonyl (C=O) groups excluding carboxylic acids is 1. The van der Waals surface area contributed by atoms with Gasteiger partial charge in [-0.25, -0.2) is 4.39 Å². The molecule has 0 fully saturated rings.